The van der Waals surface area contributed by atoms with Crippen molar-refractivity contribution < 1.29 is 9.18 Å². The van der Waals surface area contributed by atoms with Gasteiger partial charge in [-0.1, -0.05) is 0 Å². The lowest BCUT2D eigenvalue weighted by Crippen LogP contribution is -2.44. The molecule has 2 fully saturated rings. The molecule has 2 aliphatic rings. The van der Waals surface area contributed by atoms with Crippen LogP contribution in [0, 0.1) is 5.82 Å². The monoisotopic (exact) mass is 394 g/mol. The summed E-state index contributed by atoms with van der Waals surface area (Å²) in [6, 6.07) is 6.81. The molecule has 4 heterocycles. The average Bonchev–Trinajstić information content (AvgIpc) is 3.27. The van der Waals surface area contributed by atoms with E-state index in [9.17, 15) is 9.18 Å². The summed E-state index contributed by atoms with van der Waals surface area (Å²) < 4.78 is 16.0. The number of aromatic nitrogens is 3. The number of carbonyl (C=O) groups excluding carboxylic acids is 1. The molecule has 8 heteroatoms. The van der Waals surface area contributed by atoms with Gasteiger partial charge in [0.05, 0.1) is 0 Å². The summed E-state index contributed by atoms with van der Waals surface area (Å²) in [5, 5.41) is 8.14. The molecular formula is C21H23FN6O. The highest BCUT2D eigenvalue weighted by Gasteiger charge is 2.24. The molecule has 0 radical (unpaired) electrons. The number of urea groups is 1. The Bertz CT molecular complexity index is 1080. The fraction of sp³-hybridized carbons (Fsp3) is 0.381. The Kier molecular flexibility index (Phi) is 4.43. The molecule has 2 aromatic heterocycles. The van der Waals surface area contributed by atoms with E-state index in [0.717, 1.165) is 43.4 Å². The van der Waals surface area contributed by atoms with Crippen molar-refractivity contribution in [2.24, 2.45) is 0 Å². The molecule has 5 rings (SSSR count). The molecule has 1 aromatic carbocycles. The smallest absolute Gasteiger partial charge is 0.321 e. The number of benzene rings is 1. The Balaban J connectivity index is 1.45. The predicted molar refractivity (Wildman–Crippen MR) is 109 cm³/mol. The third kappa shape index (κ3) is 3.33. The maximum Gasteiger partial charge on any atom is 0.321 e. The first-order valence-corrected chi connectivity index (χ1v) is 10.00. The highest BCUT2D eigenvalue weighted by Crippen LogP contribution is 2.31. The molecule has 1 unspecified atom stereocenters. The number of halogens is 1. The number of amides is 2. The largest absolute Gasteiger partial charge is 0.324 e. The first-order chi connectivity index (χ1) is 14.1. The minimum absolute atomic E-state index is 0.161. The van der Waals surface area contributed by atoms with Crippen molar-refractivity contribution in [1.29, 1.82) is 0 Å². The van der Waals surface area contributed by atoms with Crippen LogP contribution in [0.25, 0.3) is 16.7 Å². The van der Waals surface area contributed by atoms with Gasteiger partial charge >= 0.3 is 6.03 Å². The predicted octanol–water partition coefficient (Wildman–Crippen LogP) is 3.56. The number of fused-ring (bicyclic) bond motifs is 1. The molecule has 1 atom stereocenters. The molecule has 0 bridgehead atoms. The zero-order valence-corrected chi connectivity index (χ0v) is 16.3. The van der Waals surface area contributed by atoms with E-state index < -0.39 is 5.82 Å². The van der Waals surface area contributed by atoms with Crippen molar-refractivity contribution in [3.05, 3.63) is 48.0 Å². The fourth-order valence-corrected chi connectivity index (χ4v) is 4.06. The normalized spacial score (nSPS) is 19.5. The second-order valence-electron chi connectivity index (χ2n) is 7.83. The maximum atomic E-state index is 14.5. The quantitative estimate of drug-likeness (QED) is 0.738. The Labute approximate surface area is 168 Å². The summed E-state index contributed by atoms with van der Waals surface area (Å²) >= 11 is 0. The number of nitrogens with one attached hydrogen (secondary N) is 1. The molecular weight excluding hydrogens is 371 g/mol. The van der Waals surface area contributed by atoms with Gasteiger partial charge < -0.3 is 10.2 Å². The van der Waals surface area contributed by atoms with Gasteiger partial charge in [0.25, 0.3) is 0 Å². The van der Waals surface area contributed by atoms with Crippen LogP contribution in [0.5, 0.6) is 0 Å². The van der Waals surface area contributed by atoms with E-state index >= 15 is 0 Å². The highest BCUT2D eigenvalue weighted by atomic mass is 19.1. The summed E-state index contributed by atoms with van der Waals surface area (Å²) in [6.45, 7) is 2.60. The van der Waals surface area contributed by atoms with Crippen LogP contribution in [0.4, 0.5) is 14.9 Å². The van der Waals surface area contributed by atoms with E-state index in [2.05, 4.69) is 33.4 Å². The van der Waals surface area contributed by atoms with Crippen LogP contribution in [-0.4, -0.2) is 57.3 Å². The summed E-state index contributed by atoms with van der Waals surface area (Å²) in [5.74, 6) is -0.407. The first-order valence-electron chi connectivity index (χ1n) is 10.00. The van der Waals surface area contributed by atoms with E-state index in [1.807, 2.05) is 6.20 Å². The van der Waals surface area contributed by atoms with Gasteiger partial charge in [-0.3, -0.25) is 4.90 Å². The SMILES string of the molecule is CN1CCCC1c1cnc2nn(-c3cc(NC(=O)N4CCC4)ccc3F)cc2c1. The van der Waals surface area contributed by atoms with Crippen LogP contribution in [-0.2, 0) is 0 Å². The van der Waals surface area contributed by atoms with Crippen LogP contribution in [0.2, 0.25) is 0 Å². The lowest BCUT2D eigenvalue weighted by Gasteiger charge is -2.30. The molecule has 2 saturated heterocycles. The lowest BCUT2D eigenvalue weighted by atomic mass is 10.1. The molecule has 29 heavy (non-hydrogen) atoms. The Morgan fingerprint density at radius 2 is 2.07 bits per heavy atom. The fourth-order valence-electron chi connectivity index (χ4n) is 4.06. The maximum absolute atomic E-state index is 14.5. The molecule has 3 aromatic rings. The van der Waals surface area contributed by atoms with Crippen molar-refractivity contribution in [1.82, 2.24) is 24.6 Å². The highest BCUT2D eigenvalue weighted by molar-refractivity contribution is 5.90. The topological polar surface area (TPSA) is 66.3 Å². The zero-order valence-electron chi connectivity index (χ0n) is 16.3. The van der Waals surface area contributed by atoms with Crippen LogP contribution in [0.15, 0.2) is 36.7 Å². The Hall–Kier alpha value is -3.00. The molecule has 1 N–H and O–H groups in total. The van der Waals surface area contributed by atoms with Gasteiger partial charge in [-0.2, -0.15) is 0 Å². The van der Waals surface area contributed by atoms with Crippen LogP contribution >= 0.6 is 0 Å². The van der Waals surface area contributed by atoms with E-state index in [4.69, 9.17) is 0 Å². The number of likely N-dealkylation sites (tertiary alicyclic amines) is 2. The van der Waals surface area contributed by atoms with Gasteiger partial charge in [0.1, 0.15) is 11.5 Å². The second-order valence-corrected chi connectivity index (χ2v) is 7.83. The molecule has 150 valence electrons. The van der Waals surface area contributed by atoms with Crippen molar-refractivity contribution in [2.45, 2.75) is 25.3 Å². The van der Waals surface area contributed by atoms with Gasteiger partial charge in [0, 0.05) is 42.6 Å². The van der Waals surface area contributed by atoms with Crippen molar-refractivity contribution in [2.75, 3.05) is 32.0 Å². The molecule has 0 saturated carbocycles. The van der Waals surface area contributed by atoms with Gasteiger partial charge in [-0.25, -0.2) is 18.9 Å². The Morgan fingerprint density at radius 3 is 2.79 bits per heavy atom. The molecule has 7 nitrogen and oxygen atoms in total. The van der Waals surface area contributed by atoms with Crippen molar-refractivity contribution in [3.8, 4) is 5.69 Å². The number of anilines is 1. The van der Waals surface area contributed by atoms with Gasteiger partial charge in [0.15, 0.2) is 5.65 Å². The summed E-state index contributed by atoms with van der Waals surface area (Å²) in [7, 11) is 2.13. The third-order valence-corrected chi connectivity index (χ3v) is 5.87. The number of rotatable bonds is 3. The van der Waals surface area contributed by atoms with Crippen LogP contribution in [0.3, 0.4) is 0 Å². The third-order valence-electron chi connectivity index (χ3n) is 5.87. The van der Waals surface area contributed by atoms with E-state index in [0.29, 0.717) is 17.4 Å². The van der Waals surface area contributed by atoms with E-state index in [1.165, 1.54) is 17.2 Å². The molecule has 0 spiro atoms. The minimum Gasteiger partial charge on any atom is -0.324 e. The van der Waals surface area contributed by atoms with Gasteiger partial charge in [-0.15, -0.1) is 5.10 Å². The molecule has 2 aliphatic heterocycles. The summed E-state index contributed by atoms with van der Waals surface area (Å²) in [4.78, 5) is 20.7. The summed E-state index contributed by atoms with van der Waals surface area (Å²) in [6.07, 6.45) is 6.98. The second kappa shape index (κ2) is 7.11. The molecule has 0 aliphatic carbocycles. The van der Waals surface area contributed by atoms with Crippen LogP contribution in [0.1, 0.15) is 30.9 Å². The zero-order chi connectivity index (χ0) is 20.0. The minimum atomic E-state index is -0.407. The number of nitrogens with zero attached hydrogens (tertiary/aromatic N) is 5. The van der Waals surface area contributed by atoms with Gasteiger partial charge in [-0.05, 0) is 62.7 Å². The van der Waals surface area contributed by atoms with Crippen LogP contribution < -0.4 is 5.32 Å². The molecule has 2 amide bonds. The van der Waals surface area contributed by atoms with E-state index in [-0.39, 0.29) is 11.7 Å². The standard InChI is InChI=1S/C21H23FN6O/c1-26-7-2-4-18(26)14-10-15-13-28(25-20(15)23-12-14)19-11-16(5-6-17(19)22)24-21(29)27-8-3-9-27/h5-6,10-13,18H,2-4,7-9H2,1H3,(H,24,29). The van der Waals surface area contributed by atoms with Crippen molar-refractivity contribution >= 4 is 22.8 Å². The summed E-state index contributed by atoms with van der Waals surface area (Å²) in [5.41, 5.74) is 2.56. The average molecular weight is 394 g/mol. The first kappa shape index (κ1) is 18.1. The van der Waals surface area contributed by atoms with Gasteiger partial charge in [0.2, 0.25) is 0 Å². The van der Waals surface area contributed by atoms with Crippen molar-refractivity contribution in [3.63, 3.8) is 0 Å². The van der Waals surface area contributed by atoms with E-state index in [1.54, 1.807) is 23.2 Å². The lowest BCUT2D eigenvalue weighted by molar-refractivity contribution is 0.181. The number of carbonyl (C=O) groups is 1. The number of hydrogen-bond acceptors (Lipinski definition) is 4. The Morgan fingerprint density at radius 1 is 1.21 bits per heavy atom. The number of hydrogen-bond donors (Lipinski definition) is 1. The number of pyridine rings is 1.